The average Bonchev–Trinajstić information content (AvgIpc) is 2.66. The van der Waals surface area contributed by atoms with Crippen molar-refractivity contribution in [1.82, 2.24) is 0 Å². The third-order valence-electron chi connectivity index (χ3n) is 2.26. The van der Waals surface area contributed by atoms with E-state index >= 15 is 0 Å². The maximum atomic E-state index is 11.5. The predicted molar refractivity (Wildman–Crippen MR) is 56.5 cm³/mol. The lowest BCUT2D eigenvalue weighted by atomic mass is 10.1. The van der Waals surface area contributed by atoms with Gasteiger partial charge in [0.05, 0.1) is 7.11 Å². The standard InChI is InChI=1S/C12H8O5/c1-16-11(14)8-9(13)12(15)17-10(8)7-5-3-2-4-6-7/h2-6H,1H3. The molecule has 0 spiro atoms. The monoisotopic (exact) mass is 232 g/mol. The lowest BCUT2D eigenvalue weighted by molar-refractivity contribution is -0.146. The van der Waals surface area contributed by atoms with Crippen molar-refractivity contribution in [1.29, 1.82) is 0 Å². The predicted octanol–water partition coefficient (Wildman–Crippen LogP) is 0.697. The molecular formula is C12H8O5. The number of benzene rings is 1. The second-order valence-corrected chi connectivity index (χ2v) is 3.28. The van der Waals surface area contributed by atoms with Crippen LogP contribution >= 0.6 is 0 Å². The van der Waals surface area contributed by atoms with E-state index in [9.17, 15) is 14.4 Å². The van der Waals surface area contributed by atoms with E-state index in [0.717, 1.165) is 7.11 Å². The van der Waals surface area contributed by atoms with Gasteiger partial charge in [0.25, 0.3) is 5.78 Å². The highest BCUT2D eigenvalue weighted by atomic mass is 16.6. The SMILES string of the molecule is COC(=O)C1=C(c2ccccc2)OC(=O)C1=O. The number of carbonyl (C=O) groups excluding carboxylic acids is 3. The van der Waals surface area contributed by atoms with E-state index in [0.29, 0.717) is 5.56 Å². The molecule has 0 aliphatic carbocycles. The average molecular weight is 232 g/mol. The van der Waals surface area contributed by atoms with Crippen molar-refractivity contribution < 1.29 is 23.9 Å². The van der Waals surface area contributed by atoms with Gasteiger partial charge in [-0.25, -0.2) is 9.59 Å². The van der Waals surface area contributed by atoms with Gasteiger partial charge in [0.1, 0.15) is 0 Å². The molecule has 1 aliphatic heterocycles. The highest BCUT2D eigenvalue weighted by Gasteiger charge is 2.39. The Morgan fingerprint density at radius 3 is 2.41 bits per heavy atom. The molecule has 0 saturated heterocycles. The molecule has 0 aromatic heterocycles. The summed E-state index contributed by atoms with van der Waals surface area (Å²) >= 11 is 0. The van der Waals surface area contributed by atoms with Gasteiger partial charge in [-0.05, 0) is 0 Å². The van der Waals surface area contributed by atoms with Gasteiger partial charge in [0.2, 0.25) is 0 Å². The Hall–Kier alpha value is -2.43. The fourth-order valence-corrected chi connectivity index (χ4v) is 1.48. The Bertz CT molecular complexity index is 527. The summed E-state index contributed by atoms with van der Waals surface area (Å²) in [7, 11) is 1.13. The van der Waals surface area contributed by atoms with E-state index in [2.05, 4.69) is 4.74 Å². The Balaban J connectivity index is 2.55. The molecule has 0 amide bonds. The fraction of sp³-hybridized carbons (Fsp3) is 0.0833. The molecule has 1 aromatic rings. The molecule has 0 atom stereocenters. The van der Waals surface area contributed by atoms with Gasteiger partial charge in [-0.3, -0.25) is 4.79 Å². The number of cyclic esters (lactones) is 1. The van der Waals surface area contributed by atoms with Crippen molar-refractivity contribution in [2.24, 2.45) is 0 Å². The number of methoxy groups -OCH3 is 1. The van der Waals surface area contributed by atoms with Crippen LogP contribution in [0.15, 0.2) is 35.9 Å². The smallest absolute Gasteiger partial charge is 0.385 e. The van der Waals surface area contributed by atoms with Crippen molar-refractivity contribution in [3.63, 3.8) is 0 Å². The first-order chi connectivity index (χ1) is 8.15. The zero-order chi connectivity index (χ0) is 12.4. The molecule has 0 bridgehead atoms. The van der Waals surface area contributed by atoms with Crippen LogP contribution in [-0.4, -0.2) is 24.8 Å². The van der Waals surface area contributed by atoms with E-state index in [4.69, 9.17) is 4.74 Å². The molecule has 17 heavy (non-hydrogen) atoms. The highest BCUT2D eigenvalue weighted by Crippen LogP contribution is 2.27. The zero-order valence-electron chi connectivity index (χ0n) is 8.93. The lowest BCUT2D eigenvalue weighted by Gasteiger charge is -2.02. The van der Waals surface area contributed by atoms with Gasteiger partial charge in [0.15, 0.2) is 11.3 Å². The molecule has 0 saturated carbocycles. The maximum absolute atomic E-state index is 11.5. The van der Waals surface area contributed by atoms with E-state index in [-0.39, 0.29) is 11.3 Å². The topological polar surface area (TPSA) is 69.7 Å². The number of rotatable bonds is 2. The van der Waals surface area contributed by atoms with Gasteiger partial charge >= 0.3 is 11.9 Å². The first-order valence-electron chi connectivity index (χ1n) is 4.79. The molecule has 0 radical (unpaired) electrons. The first-order valence-corrected chi connectivity index (χ1v) is 4.79. The zero-order valence-corrected chi connectivity index (χ0v) is 8.93. The number of ketones is 1. The van der Waals surface area contributed by atoms with Gasteiger partial charge in [0, 0.05) is 5.56 Å². The summed E-state index contributed by atoms with van der Waals surface area (Å²) in [6.07, 6.45) is 0. The van der Waals surface area contributed by atoms with Gasteiger partial charge in [-0.1, -0.05) is 30.3 Å². The van der Waals surface area contributed by atoms with Crippen LogP contribution in [0.1, 0.15) is 5.56 Å². The normalized spacial score (nSPS) is 14.9. The summed E-state index contributed by atoms with van der Waals surface area (Å²) in [4.78, 5) is 34.0. The summed E-state index contributed by atoms with van der Waals surface area (Å²) in [5.41, 5.74) is 0.121. The number of esters is 2. The minimum atomic E-state index is -1.07. The number of Topliss-reactive ketones (excluding diaryl/α,β-unsaturated/α-hetero) is 1. The Labute approximate surface area is 96.6 Å². The summed E-state index contributed by atoms with van der Waals surface area (Å²) in [5, 5.41) is 0. The fourth-order valence-electron chi connectivity index (χ4n) is 1.48. The summed E-state index contributed by atoms with van der Waals surface area (Å²) < 4.78 is 9.24. The third kappa shape index (κ3) is 1.82. The van der Waals surface area contributed by atoms with Gasteiger partial charge in [-0.2, -0.15) is 0 Å². The Kier molecular flexibility index (Phi) is 2.74. The van der Waals surface area contributed by atoms with Crippen LogP contribution in [-0.2, 0) is 23.9 Å². The Morgan fingerprint density at radius 2 is 1.82 bits per heavy atom. The van der Waals surface area contributed by atoms with E-state index in [1.165, 1.54) is 0 Å². The molecule has 0 unspecified atom stereocenters. The van der Waals surface area contributed by atoms with Crippen LogP contribution in [0.3, 0.4) is 0 Å². The largest absolute Gasteiger partial charge is 0.465 e. The minimum absolute atomic E-state index is 0.0487. The molecule has 2 rings (SSSR count). The van der Waals surface area contributed by atoms with Crippen LogP contribution in [0, 0.1) is 0 Å². The molecule has 1 aromatic carbocycles. The second-order valence-electron chi connectivity index (χ2n) is 3.28. The quantitative estimate of drug-likeness (QED) is 0.426. The minimum Gasteiger partial charge on any atom is -0.465 e. The molecular weight excluding hydrogens is 224 g/mol. The molecule has 0 N–H and O–H groups in total. The second kappa shape index (κ2) is 4.21. The number of hydrogen-bond acceptors (Lipinski definition) is 5. The third-order valence-corrected chi connectivity index (χ3v) is 2.26. The molecule has 5 heteroatoms. The number of ether oxygens (including phenoxy) is 2. The van der Waals surface area contributed by atoms with Crippen LogP contribution < -0.4 is 0 Å². The molecule has 5 nitrogen and oxygen atoms in total. The van der Waals surface area contributed by atoms with Gasteiger partial charge in [-0.15, -0.1) is 0 Å². The van der Waals surface area contributed by atoms with E-state index in [1.54, 1.807) is 30.3 Å². The van der Waals surface area contributed by atoms with Crippen LogP contribution in [0.5, 0.6) is 0 Å². The molecule has 1 heterocycles. The number of carbonyl (C=O) groups is 3. The first kappa shape index (κ1) is 11.1. The van der Waals surface area contributed by atoms with Crippen molar-refractivity contribution in [3.8, 4) is 0 Å². The number of hydrogen-bond donors (Lipinski definition) is 0. The van der Waals surface area contributed by atoms with Crippen LogP contribution in [0.2, 0.25) is 0 Å². The van der Waals surface area contributed by atoms with Crippen molar-refractivity contribution in [2.45, 2.75) is 0 Å². The molecule has 86 valence electrons. The van der Waals surface area contributed by atoms with Gasteiger partial charge < -0.3 is 9.47 Å². The summed E-state index contributed by atoms with van der Waals surface area (Å²) in [6.45, 7) is 0. The van der Waals surface area contributed by atoms with E-state index in [1.807, 2.05) is 0 Å². The lowest BCUT2D eigenvalue weighted by Crippen LogP contribution is -2.16. The van der Waals surface area contributed by atoms with Crippen LogP contribution in [0.4, 0.5) is 0 Å². The summed E-state index contributed by atoms with van der Waals surface area (Å²) in [5.74, 6) is -2.97. The highest BCUT2D eigenvalue weighted by molar-refractivity contribution is 6.51. The van der Waals surface area contributed by atoms with Crippen molar-refractivity contribution in [2.75, 3.05) is 7.11 Å². The molecule has 1 aliphatic rings. The summed E-state index contributed by atoms with van der Waals surface area (Å²) in [6, 6.07) is 8.43. The van der Waals surface area contributed by atoms with Crippen LogP contribution in [0.25, 0.3) is 5.76 Å². The Morgan fingerprint density at radius 1 is 1.18 bits per heavy atom. The van der Waals surface area contributed by atoms with E-state index < -0.39 is 17.7 Å². The van der Waals surface area contributed by atoms with Crippen molar-refractivity contribution >= 4 is 23.5 Å². The maximum Gasteiger partial charge on any atom is 0.385 e. The molecule has 0 fully saturated rings. The van der Waals surface area contributed by atoms with Crippen molar-refractivity contribution in [3.05, 3.63) is 41.5 Å².